The van der Waals surface area contributed by atoms with Crippen molar-refractivity contribution in [3.8, 4) is 5.75 Å². The lowest BCUT2D eigenvalue weighted by Crippen LogP contribution is -2.05. The van der Waals surface area contributed by atoms with E-state index in [2.05, 4.69) is 5.10 Å². The zero-order chi connectivity index (χ0) is 13.8. The summed E-state index contributed by atoms with van der Waals surface area (Å²) >= 11 is 0. The van der Waals surface area contributed by atoms with Crippen LogP contribution in [-0.2, 0) is 13.5 Å². The molecule has 0 spiro atoms. The first-order chi connectivity index (χ1) is 9.11. The van der Waals surface area contributed by atoms with Gasteiger partial charge in [0.05, 0.1) is 25.1 Å². The van der Waals surface area contributed by atoms with Gasteiger partial charge in [-0.05, 0) is 24.5 Å². The molecule has 1 aromatic carbocycles. The van der Waals surface area contributed by atoms with Crippen LogP contribution in [0.5, 0.6) is 5.75 Å². The number of nitrogen functional groups attached to an aromatic ring is 1. The second kappa shape index (κ2) is 5.75. The van der Waals surface area contributed by atoms with E-state index in [1.54, 1.807) is 17.9 Å². The first kappa shape index (κ1) is 13.4. The van der Waals surface area contributed by atoms with Crippen molar-refractivity contribution in [3.63, 3.8) is 0 Å². The molecule has 0 saturated carbocycles. The van der Waals surface area contributed by atoms with E-state index in [1.807, 2.05) is 31.6 Å². The molecule has 1 atom stereocenters. The summed E-state index contributed by atoms with van der Waals surface area (Å²) in [5.41, 5.74) is 8.28. The molecular formula is C14H19N3O2. The molecule has 0 saturated heterocycles. The Hall–Kier alpha value is -2.01. The van der Waals surface area contributed by atoms with Crippen LogP contribution in [0.2, 0.25) is 0 Å². The number of rotatable bonds is 5. The molecule has 3 N–H and O–H groups in total. The second-order valence-electron chi connectivity index (χ2n) is 4.54. The lowest BCUT2D eigenvalue weighted by Gasteiger charge is -2.15. The number of nitrogens with zero attached hydrogens (tertiary/aromatic N) is 2. The maximum Gasteiger partial charge on any atom is 0.142 e. The van der Waals surface area contributed by atoms with E-state index in [4.69, 9.17) is 10.5 Å². The van der Waals surface area contributed by atoms with Crippen LogP contribution in [0.15, 0.2) is 30.6 Å². The summed E-state index contributed by atoms with van der Waals surface area (Å²) in [6.07, 6.45) is 4.51. The van der Waals surface area contributed by atoms with Crippen LogP contribution in [0.3, 0.4) is 0 Å². The van der Waals surface area contributed by atoms with E-state index >= 15 is 0 Å². The Bertz CT molecular complexity index is 551. The number of ether oxygens (including phenoxy) is 1. The monoisotopic (exact) mass is 261 g/mol. The molecular weight excluding hydrogens is 242 g/mol. The number of para-hydroxylation sites is 1. The summed E-state index contributed by atoms with van der Waals surface area (Å²) in [4.78, 5) is 0. The Morgan fingerprint density at radius 1 is 1.47 bits per heavy atom. The number of hydrogen-bond acceptors (Lipinski definition) is 4. The van der Waals surface area contributed by atoms with Gasteiger partial charge in [-0.25, -0.2) is 0 Å². The average molecular weight is 261 g/mol. The number of benzene rings is 1. The number of anilines is 1. The van der Waals surface area contributed by atoms with Gasteiger partial charge in [0.2, 0.25) is 0 Å². The standard InChI is InChI=1S/C14H19N3O2/c1-17-9-10(8-16-17)6-7-12(18)11-4-3-5-13(19-2)14(11)15/h3-5,8-9,12,18H,6-7,15H2,1-2H3. The van der Waals surface area contributed by atoms with Crippen LogP contribution in [0, 0.1) is 0 Å². The van der Waals surface area contributed by atoms with Crippen molar-refractivity contribution in [2.75, 3.05) is 12.8 Å². The maximum atomic E-state index is 10.2. The third kappa shape index (κ3) is 3.06. The van der Waals surface area contributed by atoms with E-state index in [1.165, 1.54) is 0 Å². The molecule has 0 aliphatic rings. The molecule has 2 rings (SSSR count). The van der Waals surface area contributed by atoms with Crippen LogP contribution in [0.4, 0.5) is 5.69 Å². The Morgan fingerprint density at radius 3 is 2.89 bits per heavy atom. The van der Waals surface area contributed by atoms with Crippen molar-refractivity contribution >= 4 is 5.69 Å². The van der Waals surface area contributed by atoms with Gasteiger partial charge in [-0.1, -0.05) is 12.1 Å². The van der Waals surface area contributed by atoms with Crippen molar-refractivity contribution in [1.82, 2.24) is 9.78 Å². The normalized spacial score (nSPS) is 12.4. The zero-order valence-electron chi connectivity index (χ0n) is 11.2. The highest BCUT2D eigenvalue weighted by Crippen LogP contribution is 2.31. The number of nitrogens with two attached hydrogens (primary N) is 1. The minimum absolute atomic E-state index is 0.503. The van der Waals surface area contributed by atoms with Crippen molar-refractivity contribution in [1.29, 1.82) is 0 Å². The quantitative estimate of drug-likeness (QED) is 0.803. The van der Waals surface area contributed by atoms with Gasteiger partial charge >= 0.3 is 0 Å². The van der Waals surface area contributed by atoms with E-state index in [0.717, 1.165) is 12.0 Å². The van der Waals surface area contributed by atoms with Crippen LogP contribution in [0.1, 0.15) is 23.7 Å². The SMILES string of the molecule is COc1cccc(C(O)CCc2cnn(C)c2)c1N. The van der Waals surface area contributed by atoms with Crippen molar-refractivity contribution in [2.45, 2.75) is 18.9 Å². The van der Waals surface area contributed by atoms with Crippen molar-refractivity contribution in [3.05, 3.63) is 41.7 Å². The topological polar surface area (TPSA) is 73.3 Å². The Kier molecular flexibility index (Phi) is 4.06. The van der Waals surface area contributed by atoms with Crippen LogP contribution < -0.4 is 10.5 Å². The summed E-state index contributed by atoms with van der Waals surface area (Å²) in [6, 6.07) is 5.44. The highest BCUT2D eigenvalue weighted by Gasteiger charge is 2.14. The van der Waals surface area contributed by atoms with Crippen molar-refractivity contribution in [2.24, 2.45) is 7.05 Å². The summed E-state index contributed by atoms with van der Waals surface area (Å²) < 4.78 is 6.90. The lowest BCUT2D eigenvalue weighted by molar-refractivity contribution is 0.168. The highest BCUT2D eigenvalue weighted by molar-refractivity contribution is 5.59. The zero-order valence-corrected chi connectivity index (χ0v) is 11.2. The largest absolute Gasteiger partial charge is 0.495 e. The van der Waals surface area contributed by atoms with E-state index < -0.39 is 6.10 Å². The van der Waals surface area contributed by atoms with Gasteiger partial charge in [0.1, 0.15) is 5.75 Å². The van der Waals surface area contributed by atoms with E-state index in [0.29, 0.717) is 23.4 Å². The van der Waals surface area contributed by atoms with E-state index in [-0.39, 0.29) is 0 Å². The van der Waals surface area contributed by atoms with Gasteiger partial charge in [0, 0.05) is 18.8 Å². The van der Waals surface area contributed by atoms with E-state index in [9.17, 15) is 5.11 Å². The Balaban J connectivity index is 2.05. The average Bonchev–Trinajstić information content (AvgIpc) is 2.82. The molecule has 0 amide bonds. The van der Waals surface area contributed by atoms with Gasteiger partial charge < -0.3 is 15.6 Å². The third-order valence-electron chi connectivity index (χ3n) is 3.14. The van der Waals surface area contributed by atoms with Gasteiger partial charge in [-0.2, -0.15) is 5.10 Å². The smallest absolute Gasteiger partial charge is 0.142 e. The third-order valence-corrected chi connectivity index (χ3v) is 3.14. The highest BCUT2D eigenvalue weighted by atomic mass is 16.5. The Morgan fingerprint density at radius 2 is 2.26 bits per heavy atom. The number of aromatic nitrogens is 2. The van der Waals surface area contributed by atoms with Crippen LogP contribution in [-0.4, -0.2) is 22.0 Å². The number of hydrogen-bond donors (Lipinski definition) is 2. The molecule has 5 heteroatoms. The molecule has 1 aromatic heterocycles. The fraction of sp³-hybridized carbons (Fsp3) is 0.357. The molecule has 0 radical (unpaired) electrons. The Labute approximate surface area is 112 Å². The molecule has 0 bridgehead atoms. The fourth-order valence-corrected chi connectivity index (χ4v) is 2.09. The van der Waals surface area contributed by atoms with Gasteiger partial charge in [-0.3, -0.25) is 4.68 Å². The van der Waals surface area contributed by atoms with Crippen LogP contribution in [0.25, 0.3) is 0 Å². The predicted octanol–water partition coefficient (Wildman–Crippen LogP) is 1.68. The lowest BCUT2D eigenvalue weighted by atomic mass is 10.0. The second-order valence-corrected chi connectivity index (χ2v) is 4.54. The van der Waals surface area contributed by atoms with Gasteiger partial charge in [-0.15, -0.1) is 0 Å². The molecule has 2 aromatic rings. The fourth-order valence-electron chi connectivity index (χ4n) is 2.09. The predicted molar refractivity (Wildman–Crippen MR) is 73.9 cm³/mol. The summed E-state index contributed by atoms with van der Waals surface area (Å²) in [5, 5.41) is 14.3. The summed E-state index contributed by atoms with van der Waals surface area (Å²) in [6.45, 7) is 0. The minimum atomic E-state index is -0.602. The molecule has 0 aliphatic heterocycles. The number of aryl methyl sites for hydroxylation is 2. The van der Waals surface area contributed by atoms with Gasteiger partial charge in [0.25, 0.3) is 0 Å². The number of methoxy groups -OCH3 is 1. The molecule has 1 unspecified atom stereocenters. The number of aliphatic hydroxyl groups is 1. The van der Waals surface area contributed by atoms with Crippen LogP contribution >= 0.6 is 0 Å². The molecule has 5 nitrogen and oxygen atoms in total. The molecule has 1 heterocycles. The molecule has 0 fully saturated rings. The van der Waals surface area contributed by atoms with Gasteiger partial charge in [0.15, 0.2) is 0 Å². The summed E-state index contributed by atoms with van der Waals surface area (Å²) in [7, 11) is 3.44. The minimum Gasteiger partial charge on any atom is -0.495 e. The first-order valence-electron chi connectivity index (χ1n) is 6.19. The van der Waals surface area contributed by atoms with Crippen molar-refractivity contribution < 1.29 is 9.84 Å². The first-order valence-corrected chi connectivity index (χ1v) is 6.19. The molecule has 102 valence electrons. The molecule has 0 aliphatic carbocycles. The molecule has 19 heavy (non-hydrogen) atoms. The summed E-state index contributed by atoms with van der Waals surface area (Å²) in [5.74, 6) is 0.595. The maximum absolute atomic E-state index is 10.2. The number of aliphatic hydroxyl groups excluding tert-OH is 1.